The molecule has 2 N–H and O–H groups in total. The SMILES string of the molecule is CC1(C)CCC(NO)CC1. The van der Waals surface area contributed by atoms with Gasteiger partial charge in [-0.1, -0.05) is 13.8 Å². The van der Waals surface area contributed by atoms with Gasteiger partial charge in [0.15, 0.2) is 0 Å². The third-order valence-corrected chi connectivity index (χ3v) is 2.52. The quantitative estimate of drug-likeness (QED) is 0.550. The van der Waals surface area contributed by atoms with Gasteiger partial charge < -0.3 is 5.21 Å². The molecule has 1 rings (SSSR count). The zero-order chi connectivity index (χ0) is 7.61. The van der Waals surface area contributed by atoms with Gasteiger partial charge >= 0.3 is 0 Å². The summed E-state index contributed by atoms with van der Waals surface area (Å²) < 4.78 is 0. The van der Waals surface area contributed by atoms with Crippen molar-refractivity contribution in [2.24, 2.45) is 5.41 Å². The summed E-state index contributed by atoms with van der Waals surface area (Å²) in [6.07, 6.45) is 4.68. The highest BCUT2D eigenvalue weighted by atomic mass is 16.5. The van der Waals surface area contributed by atoms with Gasteiger partial charge in [0.05, 0.1) is 0 Å². The Labute approximate surface area is 62.6 Å². The van der Waals surface area contributed by atoms with Gasteiger partial charge in [-0.05, 0) is 31.1 Å². The Morgan fingerprint density at radius 1 is 1.30 bits per heavy atom. The lowest BCUT2D eigenvalue weighted by Crippen LogP contribution is -2.33. The third-order valence-electron chi connectivity index (χ3n) is 2.52. The molecule has 0 bridgehead atoms. The number of hydroxylamine groups is 1. The first-order valence-electron chi connectivity index (χ1n) is 4.04. The Kier molecular flexibility index (Phi) is 2.32. The minimum Gasteiger partial charge on any atom is -0.317 e. The summed E-state index contributed by atoms with van der Waals surface area (Å²) in [5.74, 6) is 0. The van der Waals surface area contributed by atoms with Crippen molar-refractivity contribution >= 4 is 0 Å². The minimum atomic E-state index is 0.355. The number of hydrogen-bond donors (Lipinski definition) is 2. The van der Waals surface area contributed by atoms with Gasteiger partial charge in [0.25, 0.3) is 0 Å². The van der Waals surface area contributed by atoms with E-state index in [-0.39, 0.29) is 0 Å². The van der Waals surface area contributed by atoms with E-state index < -0.39 is 0 Å². The second-order valence-electron chi connectivity index (χ2n) is 4.07. The molecule has 0 saturated heterocycles. The lowest BCUT2D eigenvalue weighted by Gasteiger charge is -2.33. The third kappa shape index (κ3) is 1.96. The Morgan fingerprint density at radius 3 is 2.20 bits per heavy atom. The van der Waals surface area contributed by atoms with Gasteiger partial charge in [0.1, 0.15) is 0 Å². The second kappa shape index (κ2) is 2.89. The fourth-order valence-electron chi connectivity index (χ4n) is 1.53. The van der Waals surface area contributed by atoms with E-state index in [0.29, 0.717) is 11.5 Å². The van der Waals surface area contributed by atoms with Crippen LogP contribution in [0, 0.1) is 5.41 Å². The van der Waals surface area contributed by atoms with Gasteiger partial charge in [0, 0.05) is 6.04 Å². The Balaban J connectivity index is 2.31. The highest BCUT2D eigenvalue weighted by Gasteiger charge is 2.25. The van der Waals surface area contributed by atoms with Crippen molar-refractivity contribution in [3.8, 4) is 0 Å². The average molecular weight is 143 g/mol. The number of rotatable bonds is 1. The fraction of sp³-hybridized carbons (Fsp3) is 1.00. The number of hydrogen-bond acceptors (Lipinski definition) is 2. The maximum Gasteiger partial charge on any atom is 0.0320 e. The summed E-state index contributed by atoms with van der Waals surface area (Å²) in [4.78, 5) is 0. The molecular formula is C8H17NO. The van der Waals surface area contributed by atoms with Crippen LogP contribution in [0.15, 0.2) is 0 Å². The van der Waals surface area contributed by atoms with Crippen LogP contribution in [0.25, 0.3) is 0 Å². The van der Waals surface area contributed by atoms with Gasteiger partial charge in [-0.2, -0.15) is 0 Å². The summed E-state index contributed by atoms with van der Waals surface area (Å²) in [5, 5.41) is 8.61. The van der Waals surface area contributed by atoms with Crippen LogP contribution in [0.4, 0.5) is 0 Å². The molecule has 0 spiro atoms. The van der Waals surface area contributed by atoms with Crippen molar-refractivity contribution in [3.63, 3.8) is 0 Å². The van der Waals surface area contributed by atoms with Gasteiger partial charge in [-0.15, -0.1) is 0 Å². The maximum atomic E-state index is 8.61. The maximum absolute atomic E-state index is 8.61. The van der Waals surface area contributed by atoms with Crippen LogP contribution in [0.2, 0.25) is 0 Å². The molecule has 1 saturated carbocycles. The Hall–Kier alpha value is -0.0800. The minimum absolute atomic E-state index is 0.355. The molecule has 1 fully saturated rings. The molecule has 1 aliphatic rings. The van der Waals surface area contributed by atoms with Crippen LogP contribution in [0.5, 0.6) is 0 Å². The first-order chi connectivity index (χ1) is 4.64. The highest BCUT2D eigenvalue weighted by Crippen LogP contribution is 2.34. The predicted octanol–water partition coefficient (Wildman–Crippen LogP) is 1.93. The fourth-order valence-corrected chi connectivity index (χ4v) is 1.53. The Bertz CT molecular complexity index is 102. The highest BCUT2D eigenvalue weighted by molar-refractivity contribution is 4.80. The first kappa shape index (κ1) is 8.02. The summed E-state index contributed by atoms with van der Waals surface area (Å²) in [7, 11) is 0. The van der Waals surface area contributed by atoms with Crippen molar-refractivity contribution in [3.05, 3.63) is 0 Å². The molecule has 2 heteroatoms. The molecular weight excluding hydrogens is 126 g/mol. The molecule has 10 heavy (non-hydrogen) atoms. The van der Waals surface area contributed by atoms with Crippen LogP contribution in [0.1, 0.15) is 39.5 Å². The summed E-state index contributed by atoms with van der Waals surface area (Å²) in [6, 6.07) is 0.355. The normalized spacial score (nSPS) is 26.7. The van der Waals surface area contributed by atoms with E-state index in [1.807, 2.05) is 0 Å². The summed E-state index contributed by atoms with van der Waals surface area (Å²) in [5.41, 5.74) is 2.85. The van der Waals surface area contributed by atoms with E-state index in [1.54, 1.807) is 0 Å². The standard InChI is InChI=1S/C8H17NO/c1-8(2)5-3-7(9-10)4-6-8/h7,9-10H,3-6H2,1-2H3. The molecule has 0 radical (unpaired) electrons. The van der Waals surface area contributed by atoms with Crippen molar-refractivity contribution in [2.75, 3.05) is 0 Å². The van der Waals surface area contributed by atoms with Crippen molar-refractivity contribution in [1.29, 1.82) is 0 Å². The van der Waals surface area contributed by atoms with E-state index in [1.165, 1.54) is 12.8 Å². The van der Waals surface area contributed by atoms with Crippen LogP contribution in [-0.2, 0) is 0 Å². The van der Waals surface area contributed by atoms with E-state index in [9.17, 15) is 0 Å². The van der Waals surface area contributed by atoms with Gasteiger partial charge in [0.2, 0.25) is 0 Å². The Morgan fingerprint density at radius 2 is 1.80 bits per heavy atom. The summed E-state index contributed by atoms with van der Waals surface area (Å²) in [6.45, 7) is 4.58. The smallest absolute Gasteiger partial charge is 0.0320 e. The van der Waals surface area contributed by atoms with E-state index in [2.05, 4.69) is 19.3 Å². The van der Waals surface area contributed by atoms with E-state index >= 15 is 0 Å². The molecule has 0 unspecified atom stereocenters. The first-order valence-corrected chi connectivity index (χ1v) is 4.04. The molecule has 1 aliphatic carbocycles. The molecule has 0 aromatic heterocycles. The molecule has 0 aliphatic heterocycles. The van der Waals surface area contributed by atoms with E-state index in [0.717, 1.165) is 12.8 Å². The van der Waals surface area contributed by atoms with Gasteiger partial charge in [-0.25, -0.2) is 5.48 Å². The second-order valence-corrected chi connectivity index (χ2v) is 4.07. The molecule has 0 atom stereocenters. The molecule has 2 nitrogen and oxygen atoms in total. The molecule has 60 valence electrons. The molecule has 0 heterocycles. The van der Waals surface area contributed by atoms with Gasteiger partial charge in [-0.3, -0.25) is 0 Å². The average Bonchev–Trinajstić information content (AvgIpc) is 1.88. The molecule has 0 aromatic rings. The lowest BCUT2D eigenvalue weighted by molar-refractivity contribution is 0.0813. The van der Waals surface area contributed by atoms with E-state index in [4.69, 9.17) is 5.21 Å². The molecule has 0 aromatic carbocycles. The van der Waals surface area contributed by atoms with Crippen molar-refractivity contribution in [1.82, 2.24) is 5.48 Å². The topological polar surface area (TPSA) is 32.3 Å². The summed E-state index contributed by atoms with van der Waals surface area (Å²) >= 11 is 0. The van der Waals surface area contributed by atoms with Crippen LogP contribution >= 0.6 is 0 Å². The van der Waals surface area contributed by atoms with Crippen LogP contribution < -0.4 is 5.48 Å². The van der Waals surface area contributed by atoms with Crippen LogP contribution in [0.3, 0.4) is 0 Å². The zero-order valence-electron chi connectivity index (χ0n) is 6.85. The monoisotopic (exact) mass is 143 g/mol. The zero-order valence-corrected chi connectivity index (χ0v) is 6.85. The predicted molar refractivity (Wildman–Crippen MR) is 41.0 cm³/mol. The lowest BCUT2D eigenvalue weighted by atomic mass is 9.76. The molecule has 0 amide bonds. The van der Waals surface area contributed by atoms with Crippen molar-refractivity contribution < 1.29 is 5.21 Å². The van der Waals surface area contributed by atoms with Crippen LogP contribution in [-0.4, -0.2) is 11.2 Å². The van der Waals surface area contributed by atoms with Crippen molar-refractivity contribution in [2.45, 2.75) is 45.6 Å². The largest absolute Gasteiger partial charge is 0.317 e. The number of nitrogens with one attached hydrogen (secondary N) is 1.